The van der Waals surface area contributed by atoms with Crippen molar-refractivity contribution in [3.8, 4) is 0 Å². The Morgan fingerprint density at radius 1 is 1.28 bits per heavy atom. The summed E-state index contributed by atoms with van der Waals surface area (Å²) in [5.41, 5.74) is 7.66. The second-order valence-electron chi connectivity index (χ2n) is 3.57. The van der Waals surface area contributed by atoms with Gasteiger partial charge in [-0.2, -0.15) is 0 Å². The molecule has 0 heterocycles. The summed E-state index contributed by atoms with van der Waals surface area (Å²) in [6.45, 7) is 6.21. The second kappa shape index (κ2) is 7.62. The minimum atomic E-state index is 0.448. The molecule has 0 atom stereocenters. The molecule has 1 rings (SSSR count). The molecule has 0 amide bonds. The zero-order chi connectivity index (χ0) is 13.4. The molecule has 4 nitrogen and oxygen atoms in total. The highest BCUT2D eigenvalue weighted by atomic mass is 32.1. The molecule has 18 heavy (non-hydrogen) atoms. The Labute approximate surface area is 118 Å². The number of rotatable bonds is 3. The summed E-state index contributed by atoms with van der Waals surface area (Å²) in [6.07, 6.45) is 1.72. The van der Waals surface area contributed by atoms with E-state index in [0.717, 1.165) is 5.69 Å². The normalized spacial score (nSPS) is 9.17. The fraction of sp³-hybridized carbons (Fsp3) is 0.167. The Morgan fingerprint density at radius 3 is 2.67 bits per heavy atom. The van der Waals surface area contributed by atoms with Gasteiger partial charge in [0.05, 0.1) is 0 Å². The fourth-order valence-corrected chi connectivity index (χ4v) is 1.51. The predicted molar refractivity (Wildman–Crippen MR) is 84.5 cm³/mol. The summed E-state index contributed by atoms with van der Waals surface area (Å²) in [5, 5.41) is 6.87. The molecule has 0 spiro atoms. The van der Waals surface area contributed by atoms with Crippen molar-refractivity contribution < 1.29 is 0 Å². The maximum atomic E-state index is 5.12. The van der Waals surface area contributed by atoms with Crippen molar-refractivity contribution >= 4 is 40.3 Å². The van der Waals surface area contributed by atoms with Crippen LogP contribution in [0.5, 0.6) is 0 Å². The molecule has 4 N–H and O–H groups in total. The van der Waals surface area contributed by atoms with Gasteiger partial charge in [-0.1, -0.05) is 18.2 Å². The average Bonchev–Trinajstić information content (AvgIpc) is 2.34. The first-order valence-electron chi connectivity index (χ1n) is 5.40. The van der Waals surface area contributed by atoms with Gasteiger partial charge >= 0.3 is 0 Å². The Kier molecular flexibility index (Phi) is 6.10. The van der Waals surface area contributed by atoms with Crippen molar-refractivity contribution in [2.24, 2.45) is 0 Å². The van der Waals surface area contributed by atoms with Crippen molar-refractivity contribution in [2.45, 2.75) is 6.92 Å². The number of hydrazine groups is 1. The topological polar surface area (TPSA) is 48.1 Å². The van der Waals surface area contributed by atoms with Gasteiger partial charge in [0.15, 0.2) is 10.2 Å². The van der Waals surface area contributed by atoms with E-state index < -0.39 is 0 Å². The highest BCUT2D eigenvalue weighted by Gasteiger charge is 1.98. The molecule has 96 valence electrons. The van der Waals surface area contributed by atoms with E-state index in [0.29, 0.717) is 16.8 Å². The highest BCUT2D eigenvalue weighted by molar-refractivity contribution is 7.80. The Morgan fingerprint density at radius 2 is 2.00 bits per heavy atom. The van der Waals surface area contributed by atoms with Gasteiger partial charge < -0.3 is 10.6 Å². The number of hydrogen-bond acceptors (Lipinski definition) is 2. The maximum Gasteiger partial charge on any atom is 0.189 e. The van der Waals surface area contributed by atoms with E-state index in [9.17, 15) is 0 Å². The van der Waals surface area contributed by atoms with Gasteiger partial charge in [-0.25, -0.2) is 0 Å². The summed E-state index contributed by atoms with van der Waals surface area (Å²) in [5.74, 6) is 0. The van der Waals surface area contributed by atoms with Crippen molar-refractivity contribution in [2.75, 3.05) is 11.9 Å². The molecular formula is C12H16N4S2. The molecule has 0 unspecified atom stereocenters. The first-order chi connectivity index (χ1) is 8.61. The molecular weight excluding hydrogens is 264 g/mol. The zero-order valence-electron chi connectivity index (χ0n) is 10.1. The van der Waals surface area contributed by atoms with Gasteiger partial charge in [-0.3, -0.25) is 10.9 Å². The molecule has 0 bridgehead atoms. The summed E-state index contributed by atoms with van der Waals surface area (Å²) in [7, 11) is 0. The molecule has 1 aromatic rings. The van der Waals surface area contributed by atoms with Gasteiger partial charge in [-0.15, -0.1) is 6.58 Å². The Balaban J connectivity index is 2.33. The number of nitrogens with one attached hydrogen (secondary N) is 4. The Hall–Kier alpha value is -1.66. The summed E-state index contributed by atoms with van der Waals surface area (Å²) < 4.78 is 0. The maximum absolute atomic E-state index is 5.12. The number of hydrogen-bond donors (Lipinski definition) is 4. The molecule has 1 aromatic carbocycles. The van der Waals surface area contributed by atoms with Gasteiger partial charge in [0.25, 0.3) is 0 Å². The van der Waals surface area contributed by atoms with Crippen LogP contribution in [-0.4, -0.2) is 16.8 Å². The number of benzene rings is 1. The highest BCUT2D eigenvalue weighted by Crippen LogP contribution is 2.08. The van der Waals surface area contributed by atoms with Crippen LogP contribution >= 0.6 is 24.4 Å². The second-order valence-corrected chi connectivity index (χ2v) is 4.39. The van der Waals surface area contributed by atoms with Crippen LogP contribution in [0, 0.1) is 6.92 Å². The van der Waals surface area contributed by atoms with Crippen LogP contribution in [-0.2, 0) is 0 Å². The monoisotopic (exact) mass is 280 g/mol. The lowest BCUT2D eigenvalue weighted by Crippen LogP contribution is -2.48. The van der Waals surface area contributed by atoms with E-state index in [4.69, 9.17) is 24.4 Å². The third-order valence-electron chi connectivity index (χ3n) is 1.97. The van der Waals surface area contributed by atoms with Gasteiger partial charge in [0.2, 0.25) is 0 Å². The van der Waals surface area contributed by atoms with Gasteiger partial charge in [-0.05, 0) is 49.1 Å². The smallest absolute Gasteiger partial charge is 0.189 e. The first kappa shape index (κ1) is 14.4. The van der Waals surface area contributed by atoms with E-state index in [1.54, 1.807) is 6.08 Å². The first-order valence-corrected chi connectivity index (χ1v) is 6.22. The molecule has 0 aromatic heterocycles. The molecule has 6 heteroatoms. The van der Waals surface area contributed by atoms with Crippen LogP contribution in [0.25, 0.3) is 0 Å². The third-order valence-corrected chi connectivity index (χ3v) is 2.42. The van der Waals surface area contributed by atoms with Crippen molar-refractivity contribution in [3.63, 3.8) is 0 Å². The van der Waals surface area contributed by atoms with Gasteiger partial charge in [0, 0.05) is 12.2 Å². The fourth-order valence-electron chi connectivity index (χ4n) is 1.21. The lowest BCUT2D eigenvalue weighted by molar-refractivity contribution is 0.839. The van der Waals surface area contributed by atoms with Gasteiger partial charge in [0.1, 0.15) is 0 Å². The van der Waals surface area contributed by atoms with E-state index in [1.165, 1.54) is 5.56 Å². The van der Waals surface area contributed by atoms with Crippen LogP contribution in [0.3, 0.4) is 0 Å². The molecule has 0 saturated carbocycles. The van der Waals surface area contributed by atoms with Crippen LogP contribution in [0.2, 0.25) is 0 Å². The van der Waals surface area contributed by atoms with E-state index in [2.05, 4.69) is 28.1 Å². The van der Waals surface area contributed by atoms with E-state index >= 15 is 0 Å². The van der Waals surface area contributed by atoms with Crippen LogP contribution in [0.15, 0.2) is 36.9 Å². The average molecular weight is 280 g/mol. The molecule has 0 saturated heterocycles. The zero-order valence-corrected chi connectivity index (χ0v) is 11.8. The van der Waals surface area contributed by atoms with Crippen molar-refractivity contribution in [1.82, 2.24) is 16.2 Å². The van der Waals surface area contributed by atoms with Crippen molar-refractivity contribution in [1.29, 1.82) is 0 Å². The van der Waals surface area contributed by atoms with E-state index in [1.807, 2.05) is 31.2 Å². The Bertz CT molecular complexity index is 445. The van der Waals surface area contributed by atoms with E-state index in [-0.39, 0.29) is 0 Å². The minimum Gasteiger partial charge on any atom is -0.358 e. The molecule has 0 aliphatic rings. The summed E-state index contributed by atoms with van der Waals surface area (Å²) >= 11 is 10.1. The van der Waals surface area contributed by atoms with Crippen LogP contribution in [0.4, 0.5) is 5.69 Å². The molecule has 0 aliphatic carbocycles. The lowest BCUT2D eigenvalue weighted by atomic mass is 10.2. The largest absolute Gasteiger partial charge is 0.358 e. The minimum absolute atomic E-state index is 0.448. The number of thiocarbonyl (C=S) groups is 2. The predicted octanol–water partition coefficient (Wildman–Crippen LogP) is 1.85. The number of anilines is 1. The third kappa shape index (κ3) is 5.60. The standard InChI is InChI=1S/C12H16N4S2/c1-3-7-13-11(17)15-16-12(18)14-10-6-4-5-9(2)8-10/h3-6,8H,1,7H2,2H3,(H2,13,15,17)(H2,14,16,18). The summed E-state index contributed by atoms with van der Waals surface area (Å²) in [4.78, 5) is 0. The quantitative estimate of drug-likeness (QED) is 0.385. The van der Waals surface area contributed by atoms with Crippen LogP contribution in [0.1, 0.15) is 5.56 Å². The molecule has 0 radical (unpaired) electrons. The van der Waals surface area contributed by atoms with Crippen LogP contribution < -0.4 is 21.5 Å². The number of aryl methyl sites for hydroxylation is 1. The lowest BCUT2D eigenvalue weighted by Gasteiger charge is -2.13. The molecule has 0 aliphatic heterocycles. The SMILES string of the molecule is C=CCNC(=S)NNC(=S)Nc1cccc(C)c1. The van der Waals surface area contributed by atoms with Crippen molar-refractivity contribution in [3.05, 3.63) is 42.5 Å². The molecule has 0 fully saturated rings. The summed E-state index contributed by atoms with van der Waals surface area (Å²) in [6, 6.07) is 7.93.